The van der Waals surface area contributed by atoms with Gasteiger partial charge >= 0.3 is 18.0 Å². The summed E-state index contributed by atoms with van der Waals surface area (Å²) in [5, 5.41) is 0. The third-order valence-electron chi connectivity index (χ3n) is 2.06. The van der Waals surface area contributed by atoms with E-state index in [-0.39, 0.29) is 11.3 Å². The molecule has 0 aliphatic carbocycles. The summed E-state index contributed by atoms with van der Waals surface area (Å²) in [7, 11) is 1.05. The molecule has 1 rings (SSSR count). The summed E-state index contributed by atoms with van der Waals surface area (Å²) in [6.07, 6.45) is -2.52. The maximum Gasteiger partial charge on any atom is 0.341 e. The minimum absolute atomic E-state index is 0.199. The molecule has 0 bridgehead atoms. The molecular weight excluding hydrogens is 265 g/mol. The van der Waals surface area contributed by atoms with Crippen LogP contribution in [0.4, 0.5) is 13.2 Å². The van der Waals surface area contributed by atoms with E-state index in [2.05, 4.69) is 4.74 Å². The van der Waals surface area contributed by atoms with E-state index in [1.54, 1.807) is 0 Å². The van der Waals surface area contributed by atoms with Crippen LogP contribution >= 0.6 is 0 Å². The summed E-state index contributed by atoms with van der Waals surface area (Å²) >= 11 is 0. The topological polar surface area (TPSA) is 52.6 Å². The molecule has 0 heterocycles. The van der Waals surface area contributed by atoms with Crippen LogP contribution < -0.4 is 4.74 Å². The summed E-state index contributed by atoms with van der Waals surface area (Å²) in [5.74, 6) is -3.62. The van der Waals surface area contributed by atoms with E-state index in [9.17, 15) is 22.8 Å². The van der Waals surface area contributed by atoms with Crippen molar-refractivity contribution in [1.29, 1.82) is 0 Å². The highest BCUT2D eigenvalue weighted by Gasteiger charge is 2.18. The van der Waals surface area contributed by atoms with E-state index in [0.717, 1.165) is 32.2 Å². The van der Waals surface area contributed by atoms with Crippen molar-refractivity contribution < 1.29 is 32.2 Å². The minimum Gasteiger partial charge on any atom is -0.465 e. The van der Waals surface area contributed by atoms with Crippen LogP contribution in [0.2, 0.25) is 0 Å². The fraction of sp³-hybridized carbons (Fsp3) is 0.167. The van der Waals surface area contributed by atoms with Crippen LogP contribution in [0.15, 0.2) is 24.3 Å². The van der Waals surface area contributed by atoms with Crippen molar-refractivity contribution in [2.75, 3.05) is 7.11 Å². The fourth-order valence-electron chi connectivity index (χ4n) is 1.29. The summed E-state index contributed by atoms with van der Waals surface area (Å²) in [6, 6.07) is 2.81. The molecule has 1 aromatic rings. The number of rotatable bonds is 3. The van der Waals surface area contributed by atoms with Crippen LogP contribution in [0.5, 0.6) is 5.75 Å². The van der Waals surface area contributed by atoms with Gasteiger partial charge in [-0.25, -0.2) is 9.18 Å². The highest BCUT2D eigenvalue weighted by Crippen LogP contribution is 2.28. The van der Waals surface area contributed by atoms with Gasteiger partial charge in [-0.2, -0.15) is 8.78 Å². The van der Waals surface area contributed by atoms with Gasteiger partial charge in [0, 0.05) is 12.5 Å². The van der Waals surface area contributed by atoms with Crippen LogP contribution in [0.1, 0.15) is 22.8 Å². The lowest BCUT2D eigenvalue weighted by Gasteiger charge is -2.08. The molecule has 0 atom stereocenters. The quantitative estimate of drug-likeness (QED) is 0.628. The largest absolute Gasteiger partial charge is 0.465 e. The van der Waals surface area contributed by atoms with Gasteiger partial charge in [-0.15, -0.1) is 0 Å². The lowest BCUT2D eigenvalue weighted by molar-refractivity contribution is -0.131. The predicted octanol–water partition coefficient (Wildman–Crippen LogP) is 2.93. The average molecular weight is 274 g/mol. The van der Waals surface area contributed by atoms with Crippen molar-refractivity contribution in [3.8, 4) is 5.75 Å². The smallest absolute Gasteiger partial charge is 0.341 e. The van der Waals surface area contributed by atoms with Crippen molar-refractivity contribution in [2.45, 2.75) is 6.92 Å². The van der Waals surface area contributed by atoms with Crippen LogP contribution in [0.25, 0.3) is 5.83 Å². The number of methoxy groups -OCH3 is 1. The maximum absolute atomic E-state index is 13.1. The van der Waals surface area contributed by atoms with E-state index in [4.69, 9.17) is 4.74 Å². The summed E-state index contributed by atoms with van der Waals surface area (Å²) in [5.41, 5.74) is -0.845. The Morgan fingerprint density at radius 3 is 2.26 bits per heavy atom. The molecule has 7 heteroatoms. The first-order valence-electron chi connectivity index (χ1n) is 4.98. The molecule has 0 aromatic heterocycles. The van der Waals surface area contributed by atoms with E-state index in [0.29, 0.717) is 0 Å². The minimum atomic E-state index is -2.52. The van der Waals surface area contributed by atoms with E-state index in [1.165, 1.54) is 0 Å². The van der Waals surface area contributed by atoms with Gasteiger partial charge in [0.15, 0.2) is 5.83 Å². The molecule has 0 radical (unpaired) electrons. The van der Waals surface area contributed by atoms with Crippen LogP contribution in [0, 0.1) is 0 Å². The van der Waals surface area contributed by atoms with Gasteiger partial charge in [-0.05, 0) is 18.2 Å². The number of hydrogen-bond acceptors (Lipinski definition) is 4. The Balaban J connectivity index is 3.34. The normalized spacial score (nSPS) is 9.74. The standard InChI is InChI=1S/C12H9F3O4/c1-6(16)19-9-4-3-7(10(13)11(14)15)5-8(9)12(17)18-2/h3-5H,1-2H3. The van der Waals surface area contributed by atoms with Gasteiger partial charge in [0.2, 0.25) is 0 Å². The average Bonchev–Trinajstić information content (AvgIpc) is 2.36. The molecule has 0 unspecified atom stereocenters. The molecule has 0 aliphatic rings. The number of benzene rings is 1. The number of hydrogen-bond donors (Lipinski definition) is 0. The zero-order chi connectivity index (χ0) is 14.6. The van der Waals surface area contributed by atoms with Gasteiger partial charge in [-0.3, -0.25) is 4.79 Å². The number of carbonyl (C=O) groups excluding carboxylic acids is 2. The SMILES string of the molecule is COC(=O)c1cc(C(F)=C(F)F)ccc1OC(C)=O. The first-order valence-corrected chi connectivity index (χ1v) is 4.98. The van der Waals surface area contributed by atoms with Gasteiger partial charge < -0.3 is 9.47 Å². The van der Waals surface area contributed by atoms with Gasteiger partial charge in [0.05, 0.1) is 7.11 Å². The highest BCUT2D eigenvalue weighted by molar-refractivity contribution is 5.94. The predicted molar refractivity (Wildman–Crippen MR) is 59.3 cm³/mol. The second-order valence-corrected chi connectivity index (χ2v) is 3.37. The Morgan fingerprint density at radius 1 is 1.16 bits per heavy atom. The van der Waals surface area contributed by atoms with E-state index >= 15 is 0 Å². The summed E-state index contributed by atoms with van der Waals surface area (Å²) in [4.78, 5) is 22.2. The first-order chi connectivity index (χ1) is 8.86. The molecule has 4 nitrogen and oxygen atoms in total. The van der Waals surface area contributed by atoms with Crippen molar-refractivity contribution in [3.63, 3.8) is 0 Å². The summed E-state index contributed by atoms with van der Waals surface area (Å²) < 4.78 is 46.4. The van der Waals surface area contributed by atoms with Crippen LogP contribution in [-0.2, 0) is 9.53 Å². The number of esters is 2. The number of ether oxygens (including phenoxy) is 2. The lowest BCUT2D eigenvalue weighted by atomic mass is 10.1. The molecule has 0 amide bonds. The first kappa shape index (κ1) is 14.7. The monoisotopic (exact) mass is 274 g/mol. The molecule has 0 spiro atoms. The Morgan fingerprint density at radius 2 is 1.79 bits per heavy atom. The van der Waals surface area contributed by atoms with Gasteiger partial charge in [0.25, 0.3) is 0 Å². The van der Waals surface area contributed by atoms with Gasteiger partial charge in [0.1, 0.15) is 11.3 Å². The molecule has 0 saturated heterocycles. The Hall–Kier alpha value is -2.31. The fourth-order valence-corrected chi connectivity index (χ4v) is 1.29. The zero-order valence-corrected chi connectivity index (χ0v) is 10.00. The molecular formula is C12H9F3O4. The Kier molecular flexibility index (Phi) is 4.68. The molecule has 1 aromatic carbocycles. The third-order valence-corrected chi connectivity index (χ3v) is 2.06. The van der Waals surface area contributed by atoms with Crippen molar-refractivity contribution in [3.05, 3.63) is 35.4 Å². The molecule has 19 heavy (non-hydrogen) atoms. The zero-order valence-electron chi connectivity index (χ0n) is 10.00. The molecule has 0 fully saturated rings. The Labute approximate surface area is 106 Å². The van der Waals surface area contributed by atoms with Crippen molar-refractivity contribution in [1.82, 2.24) is 0 Å². The summed E-state index contributed by atoms with van der Waals surface area (Å²) in [6.45, 7) is 1.09. The molecule has 0 N–H and O–H groups in total. The Bertz CT molecular complexity index is 548. The number of halogens is 3. The van der Waals surface area contributed by atoms with Crippen LogP contribution in [-0.4, -0.2) is 19.0 Å². The van der Waals surface area contributed by atoms with Crippen molar-refractivity contribution in [2.24, 2.45) is 0 Å². The molecule has 0 aliphatic heterocycles. The third kappa shape index (κ3) is 3.57. The maximum atomic E-state index is 13.1. The highest BCUT2D eigenvalue weighted by atomic mass is 19.3. The van der Waals surface area contributed by atoms with E-state index < -0.39 is 29.4 Å². The van der Waals surface area contributed by atoms with E-state index in [1.807, 2.05) is 0 Å². The second kappa shape index (κ2) is 6.03. The number of carbonyl (C=O) groups is 2. The van der Waals surface area contributed by atoms with Gasteiger partial charge in [-0.1, -0.05) is 0 Å². The van der Waals surface area contributed by atoms with Crippen LogP contribution in [0.3, 0.4) is 0 Å². The molecule has 0 saturated carbocycles. The lowest BCUT2D eigenvalue weighted by Crippen LogP contribution is -2.09. The second-order valence-electron chi connectivity index (χ2n) is 3.37. The van der Waals surface area contributed by atoms with Crippen molar-refractivity contribution >= 4 is 17.8 Å². The molecule has 102 valence electrons.